The molecule has 2 heterocycles. The first-order chi connectivity index (χ1) is 25.1. The summed E-state index contributed by atoms with van der Waals surface area (Å²) in [6, 6.07) is 60.2. The number of allylic oxidation sites excluding steroid dienone is 1. The third kappa shape index (κ3) is 5.70. The number of hydrogen-bond donors (Lipinski definition) is 1. The van der Waals surface area contributed by atoms with Gasteiger partial charge in [0.1, 0.15) is 0 Å². The quantitative estimate of drug-likeness (QED) is 0.168. The lowest BCUT2D eigenvalue weighted by atomic mass is 10.0. The summed E-state index contributed by atoms with van der Waals surface area (Å²) < 4.78 is 5.03. The van der Waals surface area contributed by atoms with Gasteiger partial charge in [-0.25, -0.2) is 0 Å². The fourth-order valence-corrected chi connectivity index (χ4v) is 8.27. The molecule has 3 nitrogen and oxygen atoms in total. The summed E-state index contributed by atoms with van der Waals surface area (Å²) in [7, 11) is 0. The fourth-order valence-electron chi connectivity index (χ4n) is 7.19. The van der Waals surface area contributed by atoms with Crippen LogP contribution in [0.2, 0.25) is 0 Å². The largest absolute Gasteiger partial charge is 0.398 e. The normalized spacial score (nSPS) is 13.0. The van der Waals surface area contributed by atoms with E-state index in [4.69, 9.17) is 10.7 Å². The van der Waals surface area contributed by atoms with Crippen LogP contribution in [0.15, 0.2) is 181 Å². The van der Waals surface area contributed by atoms with Gasteiger partial charge in [-0.1, -0.05) is 121 Å². The van der Waals surface area contributed by atoms with Crippen LogP contribution in [0.25, 0.3) is 64.5 Å². The number of fused-ring (bicyclic) bond motifs is 6. The first kappa shape index (κ1) is 30.8. The molecule has 0 radical (unpaired) electrons. The molecule has 0 fully saturated rings. The number of aromatic nitrogens is 1. The predicted molar refractivity (Wildman–Crippen MR) is 219 cm³/mol. The Morgan fingerprint density at radius 2 is 1.16 bits per heavy atom. The van der Waals surface area contributed by atoms with E-state index in [1.54, 1.807) is 0 Å². The molecular formula is C47H35N3S. The van der Waals surface area contributed by atoms with Crippen molar-refractivity contribution in [2.24, 2.45) is 10.7 Å². The van der Waals surface area contributed by atoms with E-state index in [1.807, 2.05) is 65.9 Å². The number of para-hydroxylation sites is 1. The molecule has 2 N–H and O–H groups in total. The maximum atomic E-state index is 6.57. The SMILES string of the molecule is CC(N=C(/C=C(\N)c1ccccc1)c1ccccc1)c1ccc(-n2c3ccccc3c3cc(-c4ccc5sc6ccccc6c5c4)ccc32)cc1. The van der Waals surface area contributed by atoms with Gasteiger partial charge in [-0.05, 0) is 89.3 Å². The van der Waals surface area contributed by atoms with E-state index >= 15 is 0 Å². The molecule has 244 valence electrons. The molecule has 7 aromatic carbocycles. The fraction of sp³-hybridized carbons (Fsp3) is 0.0426. The van der Waals surface area contributed by atoms with E-state index in [9.17, 15) is 0 Å². The summed E-state index contributed by atoms with van der Waals surface area (Å²) in [5, 5.41) is 5.13. The molecule has 0 amide bonds. The summed E-state index contributed by atoms with van der Waals surface area (Å²) in [4.78, 5) is 5.20. The van der Waals surface area contributed by atoms with E-state index < -0.39 is 0 Å². The van der Waals surface area contributed by atoms with Crippen LogP contribution in [-0.4, -0.2) is 10.3 Å². The molecule has 0 aliphatic rings. The van der Waals surface area contributed by atoms with Crippen LogP contribution >= 0.6 is 11.3 Å². The Labute approximate surface area is 301 Å². The van der Waals surface area contributed by atoms with Crippen LogP contribution in [0.3, 0.4) is 0 Å². The van der Waals surface area contributed by atoms with Crippen molar-refractivity contribution in [3.05, 3.63) is 193 Å². The molecule has 0 saturated heterocycles. The van der Waals surface area contributed by atoms with Crippen LogP contribution < -0.4 is 5.73 Å². The number of aliphatic imine (C=N–C) groups is 1. The highest BCUT2D eigenvalue weighted by molar-refractivity contribution is 7.25. The van der Waals surface area contributed by atoms with Crippen LogP contribution in [0.4, 0.5) is 0 Å². The van der Waals surface area contributed by atoms with Crippen molar-refractivity contribution in [3.63, 3.8) is 0 Å². The monoisotopic (exact) mass is 673 g/mol. The van der Waals surface area contributed by atoms with Crippen molar-refractivity contribution in [3.8, 4) is 16.8 Å². The van der Waals surface area contributed by atoms with Gasteiger partial charge < -0.3 is 10.3 Å². The lowest BCUT2D eigenvalue weighted by Crippen LogP contribution is -2.05. The van der Waals surface area contributed by atoms with E-state index in [-0.39, 0.29) is 6.04 Å². The summed E-state index contributed by atoms with van der Waals surface area (Å²) >= 11 is 1.86. The Bertz CT molecular complexity index is 2750. The Hall–Kier alpha value is -6.23. The van der Waals surface area contributed by atoms with Gasteiger partial charge in [-0.2, -0.15) is 0 Å². The van der Waals surface area contributed by atoms with Crippen LogP contribution in [0.1, 0.15) is 29.7 Å². The van der Waals surface area contributed by atoms with Crippen LogP contribution in [-0.2, 0) is 0 Å². The van der Waals surface area contributed by atoms with Crippen molar-refractivity contribution < 1.29 is 0 Å². The number of nitrogens with two attached hydrogens (primary N) is 1. The molecule has 9 rings (SSSR count). The Morgan fingerprint density at radius 1 is 0.569 bits per heavy atom. The summed E-state index contributed by atoms with van der Waals surface area (Å²) in [5.74, 6) is 0. The third-order valence-corrected chi connectivity index (χ3v) is 11.0. The van der Waals surface area contributed by atoms with E-state index in [0.29, 0.717) is 5.70 Å². The predicted octanol–water partition coefficient (Wildman–Crippen LogP) is 12.4. The van der Waals surface area contributed by atoms with Crippen molar-refractivity contribution in [1.29, 1.82) is 0 Å². The summed E-state index contributed by atoms with van der Waals surface area (Å²) in [6.07, 6.45) is 1.99. The molecule has 1 unspecified atom stereocenters. The van der Waals surface area contributed by atoms with Crippen molar-refractivity contribution in [2.75, 3.05) is 0 Å². The van der Waals surface area contributed by atoms with Crippen molar-refractivity contribution in [2.45, 2.75) is 13.0 Å². The zero-order valence-electron chi connectivity index (χ0n) is 28.2. The third-order valence-electron chi connectivity index (χ3n) is 9.82. The molecule has 9 aromatic rings. The molecule has 0 bridgehead atoms. The van der Waals surface area contributed by atoms with Gasteiger partial charge in [0.25, 0.3) is 0 Å². The number of hydrogen-bond acceptors (Lipinski definition) is 3. The molecular weight excluding hydrogens is 639 g/mol. The average molecular weight is 674 g/mol. The van der Waals surface area contributed by atoms with Crippen molar-refractivity contribution in [1.82, 2.24) is 4.57 Å². The second-order valence-electron chi connectivity index (χ2n) is 13.0. The molecule has 0 spiro atoms. The number of benzene rings is 7. The number of nitrogens with zero attached hydrogens (tertiary/aromatic N) is 2. The highest BCUT2D eigenvalue weighted by Crippen LogP contribution is 2.39. The first-order valence-electron chi connectivity index (χ1n) is 17.3. The first-order valence-corrected chi connectivity index (χ1v) is 18.1. The standard InChI is InChI=1S/C47H35N3S/c1-31(49-43(34-14-6-3-7-15-34)30-42(48)33-12-4-2-5-13-33)32-20-24-37(25-21-32)50-44-18-10-8-16-38(44)40-28-35(22-26-45(40)50)36-23-27-47-41(29-36)39-17-9-11-19-46(39)51-47/h2-31H,48H2,1H3/b42-30-,49-43?. The van der Waals surface area contributed by atoms with Crippen molar-refractivity contribution >= 4 is 64.7 Å². The molecule has 2 aromatic heterocycles. The zero-order valence-corrected chi connectivity index (χ0v) is 29.0. The Morgan fingerprint density at radius 3 is 1.92 bits per heavy atom. The van der Waals surface area contributed by atoms with Gasteiger partial charge in [0, 0.05) is 42.3 Å². The minimum atomic E-state index is -0.0764. The lowest BCUT2D eigenvalue weighted by molar-refractivity contribution is 0.821. The zero-order chi connectivity index (χ0) is 34.3. The van der Waals surface area contributed by atoms with Crippen LogP contribution in [0, 0.1) is 0 Å². The van der Waals surface area contributed by atoms with Gasteiger partial charge >= 0.3 is 0 Å². The maximum absolute atomic E-state index is 6.57. The Kier molecular flexibility index (Phi) is 7.79. The second-order valence-corrected chi connectivity index (χ2v) is 14.1. The van der Waals surface area contributed by atoms with E-state index in [1.165, 1.54) is 53.1 Å². The van der Waals surface area contributed by atoms with E-state index in [2.05, 4.69) is 133 Å². The molecule has 0 saturated carbocycles. The Balaban J connectivity index is 1.08. The smallest absolute Gasteiger partial charge is 0.0728 e. The van der Waals surface area contributed by atoms with Gasteiger partial charge in [0.15, 0.2) is 0 Å². The molecule has 4 heteroatoms. The molecule has 0 aliphatic heterocycles. The highest BCUT2D eigenvalue weighted by Gasteiger charge is 2.15. The van der Waals surface area contributed by atoms with E-state index in [0.717, 1.165) is 28.1 Å². The number of rotatable bonds is 7. The van der Waals surface area contributed by atoms with Gasteiger partial charge in [-0.3, -0.25) is 4.99 Å². The molecule has 0 aliphatic carbocycles. The number of thiophene rings is 1. The molecule has 51 heavy (non-hydrogen) atoms. The minimum absolute atomic E-state index is 0.0764. The lowest BCUT2D eigenvalue weighted by Gasteiger charge is -2.13. The topological polar surface area (TPSA) is 43.3 Å². The average Bonchev–Trinajstić information content (AvgIpc) is 3.73. The second kappa shape index (κ2) is 12.9. The van der Waals surface area contributed by atoms with Crippen LogP contribution in [0.5, 0.6) is 0 Å². The molecule has 1 atom stereocenters. The van der Waals surface area contributed by atoms with Gasteiger partial charge in [0.2, 0.25) is 0 Å². The maximum Gasteiger partial charge on any atom is 0.0728 e. The van der Waals surface area contributed by atoms with Gasteiger partial charge in [0.05, 0.1) is 22.8 Å². The summed E-state index contributed by atoms with van der Waals surface area (Å²) in [5.41, 5.74) is 17.2. The summed E-state index contributed by atoms with van der Waals surface area (Å²) in [6.45, 7) is 2.14. The highest BCUT2D eigenvalue weighted by atomic mass is 32.1. The van der Waals surface area contributed by atoms with Gasteiger partial charge in [-0.15, -0.1) is 11.3 Å². The minimum Gasteiger partial charge on any atom is -0.398 e.